The number of ether oxygens (including phenoxy) is 1. The Kier molecular flexibility index (Phi) is 5.59. The molecule has 0 amide bonds. The lowest BCUT2D eigenvalue weighted by Gasteiger charge is -2.13. The zero-order chi connectivity index (χ0) is 15.2. The largest absolute Gasteiger partial charge is 0.489 e. The molecule has 1 heterocycles. The van der Waals surface area contributed by atoms with Crippen molar-refractivity contribution in [2.45, 2.75) is 33.4 Å². The lowest BCUT2D eigenvalue weighted by atomic mass is 10.0. The van der Waals surface area contributed by atoms with E-state index < -0.39 is 0 Å². The molecule has 0 saturated heterocycles. The van der Waals surface area contributed by atoms with Crippen molar-refractivity contribution in [3.63, 3.8) is 0 Å². The molecule has 0 spiro atoms. The SMILES string of the molecule is CCNCc1ccc(Cl)cc1-c1cncc(OC(C)C)c1. The summed E-state index contributed by atoms with van der Waals surface area (Å²) in [5.74, 6) is 0.775. The Bertz CT molecular complexity index is 599. The number of hydrogen-bond acceptors (Lipinski definition) is 3. The smallest absolute Gasteiger partial charge is 0.138 e. The summed E-state index contributed by atoms with van der Waals surface area (Å²) in [6, 6.07) is 7.95. The van der Waals surface area contributed by atoms with Gasteiger partial charge >= 0.3 is 0 Å². The maximum absolute atomic E-state index is 6.15. The summed E-state index contributed by atoms with van der Waals surface area (Å²) in [6.07, 6.45) is 3.70. The highest BCUT2D eigenvalue weighted by Gasteiger charge is 2.08. The average Bonchev–Trinajstić information content (AvgIpc) is 2.45. The molecule has 0 unspecified atom stereocenters. The van der Waals surface area contributed by atoms with Gasteiger partial charge < -0.3 is 10.1 Å². The number of pyridine rings is 1. The summed E-state index contributed by atoms with van der Waals surface area (Å²) >= 11 is 6.15. The molecule has 2 aromatic rings. The van der Waals surface area contributed by atoms with Gasteiger partial charge in [0, 0.05) is 23.3 Å². The van der Waals surface area contributed by atoms with E-state index in [1.54, 1.807) is 6.20 Å². The molecule has 1 aromatic heterocycles. The molecule has 4 heteroatoms. The van der Waals surface area contributed by atoms with Crippen LogP contribution in [0.5, 0.6) is 5.75 Å². The van der Waals surface area contributed by atoms with E-state index in [1.165, 1.54) is 5.56 Å². The lowest BCUT2D eigenvalue weighted by Crippen LogP contribution is -2.12. The van der Waals surface area contributed by atoms with E-state index in [9.17, 15) is 0 Å². The lowest BCUT2D eigenvalue weighted by molar-refractivity contribution is 0.241. The first-order chi connectivity index (χ1) is 10.1. The van der Waals surface area contributed by atoms with E-state index in [0.717, 1.165) is 35.0 Å². The van der Waals surface area contributed by atoms with Crippen molar-refractivity contribution in [3.05, 3.63) is 47.2 Å². The molecule has 0 saturated carbocycles. The van der Waals surface area contributed by atoms with Crippen LogP contribution in [-0.4, -0.2) is 17.6 Å². The number of nitrogens with zero attached hydrogens (tertiary/aromatic N) is 1. The van der Waals surface area contributed by atoms with Crippen molar-refractivity contribution < 1.29 is 4.74 Å². The molecule has 1 N–H and O–H groups in total. The van der Waals surface area contributed by atoms with Crippen LogP contribution < -0.4 is 10.1 Å². The molecule has 0 bridgehead atoms. The first-order valence-corrected chi connectivity index (χ1v) is 7.59. The minimum absolute atomic E-state index is 0.127. The van der Waals surface area contributed by atoms with E-state index in [0.29, 0.717) is 0 Å². The quantitative estimate of drug-likeness (QED) is 0.864. The summed E-state index contributed by atoms with van der Waals surface area (Å²) < 4.78 is 5.72. The molecule has 0 aliphatic rings. The Morgan fingerprint density at radius 3 is 2.76 bits per heavy atom. The molecule has 112 valence electrons. The first-order valence-electron chi connectivity index (χ1n) is 7.21. The maximum Gasteiger partial charge on any atom is 0.138 e. The fourth-order valence-corrected chi connectivity index (χ4v) is 2.31. The van der Waals surface area contributed by atoms with Gasteiger partial charge in [-0.3, -0.25) is 4.98 Å². The number of halogens is 1. The highest BCUT2D eigenvalue weighted by molar-refractivity contribution is 6.30. The fourth-order valence-electron chi connectivity index (χ4n) is 2.13. The summed E-state index contributed by atoms with van der Waals surface area (Å²) in [5.41, 5.74) is 3.30. The Balaban J connectivity index is 2.37. The van der Waals surface area contributed by atoms with Gasteiger partial charge in [-0.1, -0.05) is 24.6 Å². The van der Waals surface area contributed by atoms with Gasteiger partial charge in [-0.25, -0.2) is 0 Å². The predicted molar refractivity (Wildman–Crippen MR) is 87.8 cm³/mol. The van der Waals surface area contributed by atoms with Crippen LogP contribution in [0.1, 0.15) is 26.3 Å². The standard InChI is InChI=1S/C17H21ClN2O/c1-4-19-9-13-5-6-15(18)8-17(13)14-7-16(11-20-10-14)21-12(2)3/h5-8,10-12,19H,4,9H2,1-3H3. The summed E-state index contributed by atoms with van der Waals surface area (Å²) in [7, 11) is 0. The van der Waals surface area contributed by atoms with Crippen LogP contribution >= 0.6 is 11.6 Å². The van der Waals surface area contributed by atoms with Gasteiger partial charge in [0.15, 0.2) is 0 Å². The van der Waals surface area contributed by atoms with E-state index >= 15 is 0 Å². The van der Waals surface area contributed by atoms with Crippen LogP contribution in [0.2, 0.25) is 5.02 Å². The Labute approximate surface area is 131 Å². The van der Waals surface area contributed by atoms with Crippen molar-refractivity contribution in [2.75, 3.05) is 6.54 Å². The number of aromatic nitrogens is 1. The number of rotatable bonds is 6. The molecule has 0 radical (unpaired) electrons. The number of nitrogens with one attached hydrogen (secondary N) is 1. The second-order valence-electron chi connectivity index (χ2n) is 5.16. The summed E-state index contributed by atoms with van der Waals surface area (Å²) in [5, 5.41) is 4.07. The molecule has 3 nitrogen and oxygen atoms in total. The van der Waals surface area contributed by atoms with Crippen LogP contribution in [-0.2, 0) is 6.54 Å². The normalized spacial score (nSPS) is 10.9. The number of benzene rings is 1. The van der Waals surface area contributed by atoms with Crippen LogP contribution in [0, 0.1) is 0 Å². The zero-order valence-electron chi connectivity index (χ0n) is 12.7. The average molecular weight is 305 g/mol. The van der Waals surface area contributed by atoms with Crippen molar-refractivity contribution >= 4 is 11.6 Å². The summed E-state index contributed by atoms with van der Waals surface area (Å²) in [6.45, 7) is 7.83. The third kappa shape index (κ3) is 4.45. The monoisotopic (exact) mass is 304 g/mol. The molecule has 0 fully saturated rings. The summed E-state index contributed by atoms with van der Waals surface area (Å²) in [4.78, 5) is 4.28. The van der Waals surface area contributed by atoms with Gasteiger partial charge in [0.2, 0.25) is 0 Å². The highest BCUT2D eigenvalue weighted by Crippen LogP contribution is 2.29. The maximum atomic E-state index is 6.15. The van der Waals surface area contributed by atoms with Crippen LogP contribution in [0.4, 0.5) is 0 Å². The van der Waals surface area contributed by atoms with E-state index in [-0.39, 0.29) is 6.10 Å². The third-order valence-corrected chi connectivity index (χ3v) is 3.27. The van der Waals surface area contributed by atoms with E-state index in [1.807, 2.05) is 38.2 Å². The molecule has 1 aromatic carbocycles. The topological polar surface area (TPSA) is 34.2 Å². The van der Waals surface area contributed by atoms with Gasteiger partial charge in [-0.2, -0.15) is 0 Å². The molecule has 21 heavy (non-hydrogen) atoms. The second kappa shape index (κ2) is 7.43. The molecule has 0 atom stereocenters. The Hall–Kier alpha value is -1.58. The van der Waals surface area contributed by atoms with Crippen molar-refractivity contribution in [1.82, 2.24) is 10.3 Å². The molecular formula is C17H21ClN2O. The first kappa shape index (κ1) is 15.8. The molecule has 0 aliphatic carbocycles. The van der Waals surface area contributed by atoms with Crippen molar-refractivity contribution in [3.8, 4) is 16.9 Å². The zero-order valence-corrected chi connectivity index (χ0v) is 13.4. The van der Waals surface area contributed by atoms with Gasteiger partial charge in [0.1, 0.15) is 5.75 Å². The van der Waals surface area contributed by atoms with Crippen LogP contribution in [0.25, 0.3) is 11.1 Å². The fraction of sp³-hybridized carbons (Fsp3) is 0.353. The van der Waals surface area contributed by atoms with Gasteiger partial charge in [-0.05, 0) is 49.7 Å². The predicted octanol–water partition coefficient (Wildman–Crippen LogP) is 4.30. The minimum atomic E-state index is 0.127. The second-order valence-corrected chi connectivity index (χ2v) is 5.59. The van der Waals surface area contributed by atoms with Crippen LogP contribution in [0.3, 0.4) is 0 Å². The van der Waals surface area contributed by atoms with E-state index in [2.05, 4.69) is 23.3 Å². The Morgan fingerprint density at radius 1 is 1.24 bits per heavy atom. The number of hydrogen-bond donors (Lipinski definition) is 1. The molecule has 2 rings (SSSR count). The molecular weight excluding hydrogens is 284 g/mol. The van der Waals surface area contributed by atoms with Crippen molar-refractivity contribution in [1.29, 1.82) is 0 Å². The van der Waals surface area contributed by atoms with Gasteiger partial charge in [0.05, 0.1) is 12.3 Å². The van der Waals surface area contributed by atoms with Crippen molar-refractivity contribution in [2.24, 2.45) is 0 Å². The van der Waals surface area contributed by atoms with Crippen LogP contribution in [0.15, 0.2) is 36.7 Å². The third-order valence-electron chi connectivity index (χ3n) is 3.03. The highest BCUT2D eigenvalue weighted by atomic mass is 35.5. The minimum Gasteiger partial charge on any atom is -0.489 e. The van der Waals surface area contributed by atoms with E-state index in [4.69, 9.17) is 16.3 Å². The van der Waals surface area contributed by atoms with Gasteiger partial charge in [-0.15, -0.1) is 0 Å². The Morgan fingerprint density at radius 2 is 2.05 bits per heavy atom. The van der Waals surface area contributed by atoms with Gasteiger partial charge in [0.25, 0.3) is 0 Å². The molecule has 0 aliphatic heterocycles.